The van der Waals surface area contributed by atoms with Crippen molar-refractivity contribution in [2.45, 2.75) is 25.2 Å². The van der Waals surface area contributed by atoms with Crippen molar-refractivity contribution < 1.29 is 19.1 Å². The molecule has 4 rings (SSSR count). The van der Waals surface area contributed by atoms with Gasteiger partial charge in [0, 0.05) is 30.8 Å². The van der Waals surface area contributed by atoms with E-state index in [4.69, 9.17) is 4.74 Å². The van der Waals surface area contributed by atoms with Gasteiger partial charge in [0.05, 0.1) is 5.92 Å². The van der Waals surface area contributed by atoms with Crippen LogP contribution >= 0.6 is 0 Å². The van der Waals surface area contributed by atoms with E-state index in [0.29, 0.717) is 24.4 Å². The van der Waals surface area contributed by atoms with Crippen LogP contribution < -0.4 is 15.0 Å². The maximum atomic E-state index is 12.6. The van der Waals surface area contributed by atoms with Crippen molar-refractivity contribution >= 4 is 29.2 Å². The van der Waals surface area contributed by atoms with Crippen LogP contribution in [0.25, 0.3) is 0 Å². The summed E-state index contributed by atoms with van der Waals surface area (Å²) in [6, 6.07) is 14.1. The first kappa shape index (κ1) is 16.3. The molecule has 26 heavy (non-hydrogen) atoms. The van der Waals surface area contributed by atoms with Crippen LogP contribution in [-0.2, 0) is 14.4 Å². The number of fused-ring (bicyclic) bond motifs is 1. The molecule has 6 nitrogen and oxygen atoms in total. The Kier molecular flexibility index (Phi) is 4.16. The summed E-state index contributed by atoms with van der Waals surface area (Å²) in [6.45, 7) is 0.714. The number of amides is 2. The predicted molar refractivity (Wildman–Crippen MR) is 96.1 cm³/mol. The number of nitrogens with zero attached hydrogens (tertiary/aromatic N) is 1. The van der Waals surface area contributed by atoms with Crippen LogP contribution in [0.15, 0.2) is 48.5 Å². The molecule has 0 saturated carbocycles. The largest absolute Gasteiger partial charge is 0.426 e. The van der Waals surface area contributed by atoms with Gasteiger partial charge >= 0.3 is 5.97 Å². The number of anilines is 2. The molecule has 0 radical (unpaired) electrons. The lowest BCUT2D eigenvalue weighted by Crippen LogP contribution is -2.29. The lowest BCUT2D eigenvalue weighted by Gasteiger charge is -2.24. The molecule has 0 aromatic heterocycles. The highest BCUT2D eigenvalue weighted by molar-refractivity contribution is 6.00. The Morgan fingerprint density at radius 2 is 1.85 bits per heavy atom. The highest BCUT2D eigenvalue weighted by Crippen LogP contribution is 2.33. The minimum absolute atomic E-state index is 0.0657. The number of hydrogen-bond acceptors (Lipinski definition) is 4. The monoisotopic (exact) mass is 350 g/mol. The molecular formula is C20H18N2O4. The van der Waals surface area contributed by atoms with Gasteiger partial charge in [-0.25, -0.2) is 0 Å². The van der Waals surface area contributed by atoms with E-state index < -0.39 is 11.9 Å². The Labute approximate surface area is 150 Å². The second-order valence-corrected chi connectivity index (χ2v) is 6.46. The van der Waals surface area contributed by atoms with E-state index in [9.17, 15) is 14.4 Å². The number of benzene rings is 2. The molecule has 2 aromatic carbocycles. The third-order valence-electron chi connectivity index (χ3n) is 4.72. The quantitative estimate of drug-likeness (QED) is 0.682. The zero-order valence-corrected chi connectivity index (χ0v) is 14.1. The fraction of sp³-hybridized carbons (Fsp3) is 0.250. The van der Waals surface area contributed by atoms with E-state index in [1.807, 2.05) is 18.2 Å². The molecule has 0 spiro atoms. The second-order valence-electron chi connectivity index (χ2n) is 6.46. The Bertz CT molecular complexity index is 876. The summed E-state index contributed by atoms with van der Waals surface area (Å²) in [6.07, 6.45) is 1.49. The van der Waals surface area contributed by atoms with Crippen LogP contribution in [0.1, 0.15) is 30.7 Å². The van der Waals surface area contributed by atoms with Crippen molar-refractivity contribution in [3.8, 4) is 5.75 Å². The number of rotatable bonds is 3. The van der Waals surface area contributed by atoms with Crippen LogP contribution in [0, 0.1) is 0 Å². The summed E-state index contributed by atoms with van der Waals surface area (Å²) in [5, 5.41) is 2.77. The molecule has 2 aromatic rings. The van der Waals surface area contributed by atoms with Gasteiger partial charge in [-0.3, -0.25) is 14.4 Å². The summed E-state index contributed by atoms with van der Waals surface area (Å²) in [4.78, 5) is 38.0. The number of carbonyl (C=O) groups is 3. The normalized spacial score (nSPS) is 19.1. The van der Waals surface area contributed by atoms with Crippen LogP contribution in [0.2, 0.25) is 0 Å². The van der Waals surface area contributed by atoms with Gasteiger partial charge in [-0.05, 0) is 42.3 Å². The van der Waals surface area contributed by atoms with Crippen LogP contribution in [-0.4, -0.2) is 24.3 Å². The molecule has 2 aliphatic heterocycles. The minimum atomic E-state index is -0.625. The zero-order chi connectivity index (χ0) is 18.1. The standard InChI is InChI=1S/C20H18N2O4/c23-18-12-16(15-4-1-2-5-17(15)21-18)20(25)26-14-9-7-13(8-10-14)22-11-3-6-19(22)24/h1-2,4-5,7-10,16H,3,6,11-12H2,(H,21,23). The fourth-order valence-corrected chi connectivity index (χ4v) is 3.42. The third-order valence-corrected chi connectivity index (χ3v) is 4.72. The number of carbonyl (C=O) groups excluding carboxylic acids is 3. The number of para-hydroxylation sites is 1. The number of esters is 1. The molecule has 1 N–H and O–H groups in total. The number of nitrogens with one attached hydrogen (secondary N) is 1. The molecule has 0 bridgehead atoms. The molecule has 2 aliphatic rings. The summed E-state index contributed by atoms with van der Waals surface area (Å²) in [5.41, 5.74) is 2.21. The summed E-state index contributed by atoms with van der Waals surface area (Å²) in [5.74, 6) is -0.779. The van der Waals surface area contributed by atoms with Crippen LogP contribution in [0.4, 0.5) is 11.4 Å². The van der Waals surface area contributed by atoms with Gasteiger partial charge in [-0.1, -0.05) is 18.2 Å². The van der Waals surface area contributed by atoms with Gasteiger partial charge in [-0.2, -0.15) is 0 Å². The minimum Gasteiger partial charge on any atom is -0.426 e. The maximum absolute atomic E-state index is 12.6. The smallest absolute Gasteiger partial charge is 0.319 e. The van der Waals surface area contributed by atoms with Crippen molar-refractivity contribution in [1.29, 1.82) is 0 Å². The lowest BCUT2D eigenvalue weighted by atomic mass is 9.91. The molecule has 1 fully saturated rings. The van der Waals surface area contributed by atoms with E-state index in [0.717, 1.165) is 17.7 Å². The lowest BCUT2D eigenvalue weighted by molar-refractivity contribution is -0.138. The summed E-state index contributed by atoms with van der Waals surface area (Å²) >= 11 is 0. The van der Waals surface area contributed by atoms with Gasteiger partial charge in [0.25, 0.3) is 0 Å². The molecule has 1 unspecified atom stereocenters. The maximum Gasteiger partial charge on any atom is 0.319 e. The predicted octanol–water partition coefficient (Wildman–Crippen LogP) is 2.84. The molecule has 0 aliphatic carbocycles. The van der Waals surface area contributed by atoms with Gasteiger partial charge in [0.2, 0.25) is 11.8 Å². The van der Waals surface area contributed by atoms with Crippen molar-refractivity contribution in [3.05, 3.63) is 54.1 Å². The topological polar surface area (TPSA) is 75.7 Å². The fourth-order valence-electron chi connectivity index (χ4n) is 3.42. The third kappa shape index (κ3) is 3.06. The van der Waals surface area contributed by atoms with E-state index >= 15 is 0 Å². The Morgan fingerprint density at radius 3 is 2.58 bits per heavy atom. The van der Waals surface area contributed by atoms with Crippen molar-refractivity contribution in [2.75, 3.05) is 16.8 Å². The zero-order valence-electron chi connectivity index (χ0n) is 14.1. The van der Waals surface area contributed by atoms with Gasteiger partial charge in [0.1, 0.15) is 5.75 Å². The summed E-state index contributed by atoms with van der Waals surface area (Å²) < 4.78 is 5.48. The van der Waals surface area contributed by atoms with Crippen molar-refractivity contribution in [3.63, 3.8) is 0 Å². The first-order valence-electron chi connectivity index (χ1n) is 8.63. The van der Waals surface area contributed by atoms with Gasteiger partial charge in [0.15, 0.2) is 0 Å². The van der Waals surface area contributed by atoms with E-state index in [1.165, 1.54) is 0 Å². The van der Waals surface area contributed by atoms with Gasteiger partial charge in [-0.15, -0.1) is 0 Å². The van der Waals surface area contributed by atoms with E-state index in [2.05, 4.69) is 5.32 Å². The molecule has 1 atom stereocenters. The molecule has 2 heterocycles. The first-order chi connectivity index (χ1) is 12.6. The average molecular weight is 350 g/mol. The van der Waals surface area contributed by atoms with E-state index in [1.54, 1.807) is 35.2 Å². The van der Waals surface area contributed by atoms with Crippen LogP contribution in [0.5, 0.6) is 5.75 Å². The van der Waals surface area contributed by atoms with Gasteiger partial charge < -0.3 is 15.0 Å². The number of hydrogen-bond donors (Lipinski definition) is 1. The Balaban J connectivity index is 1.50. The molecule has 132 valence electrons. The van der Waals surface area contributed by atoms with Crippen molar-refractivity contribution in [2.24, 2.45) is 0 Å². The Morgan fingerprint density at radius 1 is 1.08 bits per heavy atom. The average Bonchev–Trinajstić information content (AvgIpc) is 3.07. The molecule has 2 amide bonds. The molecule has 6 heteroatoms. The van der Waals surface area contributed by atoms with Crippen LogP contribution in [0.3, 0.4) is 0 Å². The highest BCUT2D eigenvalue weighted by Gasteiger charge is 2.32. The molecular weight excluding hydrogens is 332 g/mol. The SMILES string of the molecule is O=C1CC(C(=O)Oc2ccc(N3CCCC3=O)cc2)c2ccccc2N1. The number of ether oxygens (including phenoxy) is 1. The van der Waals surface area contributed by atoms with E-state index in [-0.39, 0.29) is 18.2 Å². The second kappa shape index (κ2) is 6.63. The highest BCUT2D eigenvalue weighted by atomic mass is 16.5. The van der Waals surface area contributed by atoms with Crippen molar-refractivity contribution in [1.82, 2.24) is 0 Å². The Hall–Kier alpha value is -3.15. The first-order valence-corrected chi connectivity index (χ1v) is 8.63. The summed E-state index contributed by atoms with van der Waals surface area (Å²) in [7, 11) is 0. The molecule has 1 saturated heterocycles.